The van der Waals surface area contributed by atoms with Crippen LogP contribution < -0.4 is 9.64 Å². The van der Waals surface area contributed by atoms with Crippen molar-refractivity contribution < 1.29 is 9.53 Å². The molecule has 0 saturated carbocycles. The number of carbonyl (C=O) groups is 1. The molecule has 0 aliphatic rings. The number of anilines is 1. The second kappa shape index (κ2) is 8.85. The van der Waals surface area contributed by atoms with Gasteiger partial charge in [0.2, 0.25) is 0 Å². The Labute approximate surface area is 185 Å². The third-order valence-electron chi connectivity index (χ3n) is 4.81. The van der Waals surface area contributed by atoms with Crippen molar-refractivity contribution in [3.63, 3.8) is 0 Å². The molecule has 1 amide bonds. The Morgan fingerprint density at radius 3 is 2.74 bits per heavy atom. The Morgan fingerprint density at radius 2 is 2.06 bits per heavy atom. The summed E-state index contributed by atoms with van der Waals surface area (Å²) in [6.07, 6.45) is 1.72. The first kappa shape index (κ1) is 21.0. The summed E-state index contributed by atoms with van der Waals surface area (Å²) in [5, 5.41) is 5.16. The molecule has 31 heavy (non-hydrogen) atoms. The van der Waals surface area contributed by atoms with E-state index in [0.717, 1.165) is 27.4 Å². The molecule has 7 nitrogen and oxygen atoms in total. The molecule has 0 spiro atoms. The van der Waals surface area contributed by atoms with E-state index in [2.05, 4.69) is 10.1 Å². The summed E-state index contributed by atoms with van der Waals surface area (Å²) >= 11 is 1.46. The van der Waals surface area contributed by atoms with Gasteiger partial charge in [0.15, 0.2) is 10.8 Å². The monoisotopic (exact) mass is 435 g/mol. The van der Waals surface area contributed by atoms with E-state index in [0.29, 0.717) is 24.0 Å². The number of benzene rings is 1. The van der Waals surface area contributed by atoms with Gasteiger partial charge in [0, 0.05) is 17.9 Å². The summed E-state index contributed by atoms with van der Waals surface area (Å²) in [7, 11) is 0. The first-order valence-corrected chi connectivity index (χ1v) is 11.1. The van der Waals surface area contributed by atoms with Gasteiger partial charge in [0.1, 0.15) is 5.75 Å². The molecule has 0 aliphatic carbocycles. The number of aromatic nitrogens is 4. The molecule has 4 aromatic rings. The van der Waals surface area contributed by atoms with Crippen molar-refractivity contribution in [3.05, 3.63) is 65.7 Å². The molecule has 4 rings (SSSR count). The van der Waals surface area contributed by atoms with Gasteiger partial charge in [-0.3, -0.25) is 19.4 Å². The van der Waals surface area contributed by atoms with Crippen molar-refractivity contribution in [3.8, 4) is 5.75 Å². The number of carbonyl (C=O) groups excluding carboxylic acids is 1. The van der Waals surface area contributed by atoms with E-state index < -0.39 is 0 Å². The van der Waals surface area contributed by atoms with E-state index >= 15 is 0 Å². The normalized spacial score (nSPS) is 11.3. The second-order valence-corrected chi connectivity index (χ2v) is 8.49. The van der Waals surface area contributed by atoms with E-state index in [1.54, 1.807) is 11.1 Å². The number of pyridine rings is 1. The van der Waals surface area contributed by atoms with Crippen LogP contribution in [0.1, 0.15) is 48.7 Å². The smallest absolute Gasteiger partial charge is 0.280 e. The molecule has 0 aliphatic heterocycles. The molecule has 3 aromatic heterocycles. The Hall–Kier alpha value is -3.26. The van der Waals surface area contributed by atoms with Crippen LogP contribution in [-0.4, -0.2) is 32.3 Å². The predicted molar refractivity (Wildman–Crippen MR) is 123 cm³/mol. The van der Waals surface area contributed by atoms with Gasteiger partial charge in [-0.05, 0) is 64.1 Å². The molecule has 8 heteroatoms. The minimum atomic E-state index is -0.197. The summed E-state index contributed by atoms with van der Waals surface area (Å²) in [6, 6.07) is 13.4. The van der Waals surface area contributed by atoms with Crippen molar-refractivity contribution in [2.45, 2.75) is 40.3 Å². The molecule has 3 heterocycles. The maximum Gasteiger partial charge on any atom is 0.280 e. The Kier molecular flexibility index (Phi) is 5.99. The highest BCUT2D eigenvalue weighted by Crippen LogP contribution is 2.33. The minimum absolute atomic E-state index is 0.172. The fraction of sp³-hybridized carbons (Fsp3) is 0.304. The number of thiazole rings is 1. The second-order valence-electron chi connectivity index (χ2n) is 7.48. The lowest BCUT2D eigenvalue weighted by atomic mass is 10.3. The highest BCUT2D eigenvalue weighted by Gasteiger charge is 2.25. The van der Waals surface area contributed by atoms with Crippen molar-refractivity contribution in [1.82, 2.24) is 19.7 Å². The molecule has 0 unspecified atom stereocenters. The summed E-state index contributed by atoms with van der Waals surface area (Å²) in [5.74, 6) is 0.594. The Bertz CT molecular complexity index is 1200. The summed E-state index contributed by atoms with van der Waals surface area (Å²) in [5.41, 5.74) is 2.95. The third-order valence-corrected chi connectivity index (χ3v) is 5.85. The van der Waals surface area contributed by atoms with Crippen LogP contribution in [0.15, 0.2) is 48.7 Å². The van der Waals surface area contributed by atoms with E-state index in [1.165, 1.54) is 11.3 Å². The van der Waals surface area contributed by atoms with Crippen LogP contribution in [0, 0.1) is 6.92 Å². The van der Waals surface area contributed by atoms with Crippen LogP contribution in [0.25, 0.3) is 10.2 Å². The van der Waals surface area contributed by atoms with Crippen molar-refractivity contribution >= 4 is 32.6 Å². The van der Waals surface area contributed by atoms with Gasteiger partial charge in [-0.2, -0.15) is 5.10 Å². The fourth-order valence-electron chi connectivity index (χ4n) is 3.40. The van der Waals surface area contributed by atoms with Crippen LogP contribution in [0.5, 0.6) is 5.75 Å². The number of aryl methyl sites for hydroxylation is 1. The average Bonchev–Trinajstić information content (AvgIpc) is 3.35. The Balaban J connectivity index is 1.74. The zero-order valence-corrected chi connectivity index (χ0v) is 18.9. The maximum absolute atomic E-state index is 13.5. The number of ether oxygens (including phenoxy) is 1. The molecule has 0 radical (unpaired) electrons. The first-order valence-electron chi connectivity index (χ1n) is 10.3. The van der Waals surface area contributed by atoms with Gasteiger partial charge in [0.05, 0.1) is 29.1 Å². The van der Waals surface area contributed by atoms with E-state index in [1.807, 2.05) is 74.8 Å². The molecule has 0 bridgehead atoms. The van der Waals surface area contributed by atoms with Crippen LogP contribution in [0.4, 0.5) is 5.13 Å². The van der Waals surface area contributed by atoms with Crippen LogP contribution >= 0.6 is 11.3 Å². The molecule has 160 valence electrons. The molecule has 0 N–H and O–H groups in total. The zero-order chi connectivity index (χ0) is 22.0. The number of hydrogen-bond acceptors (Lipinski definition) is 6. The highest BCUT2D eigenvalue weighted by molar-refractivity contribution is 7.22. The zero-order valence-electron chi connectivity index (χ0n) is 18.1. The van der Waals surface area contributed by atoms with Gasteiger partial charge in [-0.1, -0.05) is 17.4 Å². The van der Waals surface area contributed by atoms with E-state index in [-0.39, 0.29) is 11.9 Å². The van der Waals surface area contributed by atoms with Gasteiger partial charge < -0.3 is 4.74 Å². The van der Waals surface area contributed by atoms with Gasteiger partial charge in [-0.25, -0.2) is 4.98 Å². The SMILES string of the molecule is CCOc1ccc2nc(N(Cc3ccccn3)C(=O)c3cc(C)n(C(C)C)n3)sc2c1. The van der Waals surface area contributed by atoms with Crippen LogP contribution in [0.2, 0.25) is 0 Å². The van der Waals surface area contributed by atoms with Crippen molar-refractivity contribution in [1.29, 1.82) is 0 Å². The van der Waals surface area contributed by atoms with E-state index in [4.69, 9.17) is 9.72 Å². The third kappa shape index (κ3) is 4.44. The number of rotatable bonds is 7. The number of amides is 1. The first-order chi connectivity index (χ1) is 15.0. The van der Waals surface area contributed by atoms with Gasteiger partial charge >= 0.3 is 0 Å². The fourth-order valence-corrected chi connectivity index (χ4v) is 4.39. The summed E-state index contributed by atoms with van der Waals surface area (Å²) < 4.78 is 8.43. The molecule has 0 saturated heterocycles. The van der Waals surface area contributed by atoms with Gasteiger partial charge in [-0.15, -0.1) is 0 Å². The lowest BCUT2D eigenvalue weighted by Gasteiger charge is -2.18. The topological polar surface area (TPSA) is 73.1 Å². The van der Waals surface area contributed by atoms with Crippen molar-refractivity contribution in [2.75, 3.05) is 11.5 Å². The molecule has 0 atom stereocenters. The maximum atomic E-state index is 13.5. The van der Waals surface area contributed by atoms with Crippen LogP contribution in [0.3, 0.4) is 0 Å². The molecule has 0 fully saturated rings. The number of nitrogens with zero attached hydrogens (tertiary/aromatic N) is 5. The predicted octanol–water partition coefficient (Wildman–Crippen LogP) is 5.02. The largest absolute Gasteiger partial charge is 0.494 e. The highest BCUT2D eigenvalue weighted by atomic mass is 32.1. The van der Waals surface area contributed by atoms with Gasteiger partial charge in [0.25, 0.3) is 5.91 Å². The average molecular weight is 436 g/mol. The minimum Gasteiger partial charge on any atom is -0.494 e. The lowest BCUT2D eigenvalue weighted by molar-refractivity contribution is 0.0979. The number of hydrogen-bond donors (Lipinski definition) is 0. The standard InChI is InChI=1S/C23H25N5O2S/c1-5-30-18-9-10-19-21(13-18)31-23(25-19)27(14-17-8-6-7-11-24-17)22(29)20-12-16(4)28(26-20)15(2)3/h6-13,15H,5,14H2,1-4H3. The molecular formula is C23H25N5O2S. The van der Waals surface area contributed by atoms with E-state index in [9.17, 15) is 4.79 Å². The van der Waals surface area contributed by atoms with Crippen LogP contribution in [-0.2, 0) is 6.54 Å². The molecular weight excluding hydrogens is 410 g/mol. The molecule has 1 aromatic carbocycles. The quantitative estimate of drug-likeness (QED) is 0.407. The lowest BCUT2D eigenvalue weighted by Crippen LogP contribution is -2.31. The Morgan fingerprint density at radius 1 is 1.23 bits per heavy atom. The number of fused-ring (bicyclic) bond motifs is 1. The van der Waals surface area contributed by atoms with Crippen molar-refractivity contribution in [2.24, 2.45) is 0 Å². The summed E-state index contributed by atoms with van der Waals surface area (Å²) in [4.78, 5) is 24.3. The summed E-state index contributed by atoms with van der Waals surface area (Å²) in [6.45, 7) is 8.91.